The molecule has 64 heavy (non-hydrogen) atoms. The number of likely N-dealkylation sites (N-methyl/N-ethyl adjacent to an activating group) is 1. The van der Waals surface area contributed by atoms with Crippen molar-refractivity contribution in [1.29, 1.82) is 0 Å². The van der Waals surface area contributed by atoms with Crippen molar-refractivity contribution in [3.05, 3.63) is 83.1 Å². The van der Waals surface area contributed by atoms with Gasteiger partial charge in [0.05, 0.1) is 47.6 Å². The molecule has 2 aliphatic rings. The fourth-order valence-electron chi connectivity index (χ4n) is 8.15. The van der Waals surface area contributed by atoms with Gasteiger partial charge in [-0.1, -0.05) is 62.4 Å². The Hall–Kier alpha value is -4.74. The van der Waals surface area contributed by atoms with Gasteiger partial charge in [0.2, 0.25) is 5.79 Å². The van der Waals surface area contributed by atoms with E-state index < -0.39 is 78.2 Å². The van der Waals surface area contributed by atoms with E-state index in [0.29, 0.717) is 17.7 Å². The van der Waals surface area contributed by atoms with Gasteiger partial charge >= 0.3 is 24.1 Å². The van der Waals surface area contributed by atoms with Gasteiger partial charge in [0.15, 0.2) is 12.4 Å². The highest BCUT2D eigenvalue weighted by molar-refractivity contribution is 5.90. The molecule has 2 aliphatic heterocycles. The molecule has 2 heterocycles. The molecular formula is C48H71N3O13. The van der Waals surface area contributed by atoms with Gasteiger partial charge in [0.25, 0.3) is 0 Å². The van der Waals surface area contributed by atoms with E-state index in [1.807, 2.05) is 83.1 Å². The maximum absolute atomic E-state index is 13.9. The van der Waals surface area contributed by atoms with Gasteiger partial charge in [-0.05, 0) is 92.1 Å². The molecule has 4 rings (SSSR count). The van der Waals surface area contributed by atoms with Crippen LogP contribution in [0.3, 0.4) is 0 Å². The Balaban J connectivity index is 1.70. The zero-order chi connectivity index (χ0) is 47.6. The van der Waals surface area contributed by atoms with Crippen LogP contribution in [0.1, 0.15) is 98.0 Å². The summed E-state index contributed by atoms with van der Waals surface area (Å²) in [7, 11) is 5.35. The number of rotatable bonds is 19. The summed E-state index contributed by atoms with van der Waals surface area (Å²) in [6.45, 7) is 17.2. The molecule has 1 saturated heterocycles. The second-order valence-electron chi connectivity index (χ2n) is 18.8. The molecule has 0 saturated carbocycles. The Bertz CT molecular complexity index is 1890. The minimum Gasteiger partial charge on any atom is -0.456 e. The molecule has 9 atom stereocenters. The number of methoxy groups -OCH3 is 1. The van der Waals surface area contributed by atoms with E-state index in [9.17, 15) is 24.3 Å². The van der Waals surface area contributed by atoms with Gasteiger partial charge < -0.3 is 58.1 Å². The number of nitrogens with one attached hydrogen (secondary N) is 1. The van der Waals surface area contributed by atoms with E-state index >= 15 is 0 Å². The third kappa shape index (κ3) is 14.4. The fourth-order valence-corrected chi connectivity index (χ4v) is 8.15. The number of amides is 2. The number of alkyl carbamates (subject to hydrolysis) is 1. The Morgan fingerprint density at radius 2 is 1.61 bits per heavy atom. The Morgan fingerprint density at radius 3 is 2.19 bits per heavy atom. The van der Waals surface area contributed by atoms with Crippen LogP contribution >= 0.6 is 0 Å². The lowest BCUT2D eigenvalue weighted by atomic mass is 9.80. The van der Waals surface area contributed by atoms with E-state index in [-0.39, 0.29) is 49.8 Å². The first kappa shape index (κ1) is 51.9. The molecule has 16 nitrogen and oxygen atoms in total. The monoisotopic (exact) mass is 897 g/mol. The minimum absolute atomic E-state index is 0.0392. The standard InChI is InChI=1S/C48H71N3O13/c1-30(27-51(45(56)64-46(5,6)7)36(28-52)26-49-44(55)58-29-34-20-16-14-17-21-34)25-48(10,57-13)40(32(3)38-33(4)41(53)63-47(8,9)62-38)61-43-39(37(50(11)12)24-31(2)59-43)60-42(54)35-22-18-15-19-23-35/h14-23,30-32,36-37,39-40,43,52H,24-29H2,1-13H3,(H,49,55)/t30-,31?,32+,36?,37?,39?,40-,43?,48?/m1/s1. The van der Waals surface area contributed by atoms with Gasteiger partial charge in [-0.2, -0.15) is 0 Å². The number of carbonyl (C=O) groups excluding carboxylic acids is 4. The summed E-state index contributed by atoms with van der Waals surface area (Å²) < 4.78 is 49.4. The maximum Gasteiger partial charge on any atom is 0.410 e. The molecule has 6 unspecified atom stereocenters. The number of nitrogens with zero attached hydrogens (tertiary/aromatic N) is 2. The Labute approximate surface area is 378 Å². The fraction of sp³-hybridized carbons (Fsp3) is 0.625. The lowest BCUT2D eigenvalue weighted by molar-refractivity contribution is -0.298. The van der Waals surface area contributed by atoms with Crippen molar-refractivity contribution in [2.75, 3.05) is 40.9 Å². The average Bonchev–Trinajstić information content (AvgIpc) is 3.23. The van der Waals surface area contributed by atoms with E-state index in [4.69, 9.17) is 37.9 Å². The average molecular weight is 898 g/mol. The highest BCUT2D eigenvalue weighted by Gasteiger charge is 2.51. The number of carbonyl (C=O) groups is 4. The largest absolute Gasteiger partial charge is 0.456 e. The first-order valence-electron chi connectivity index (χ1n) is 21.9. The van der Waals surface area contributed by atoms with Crippen molar-refractivity contribution in [3.8, 4) is 0 Å². The van der Waals surface area contributed by atoms with Crippen molar-refractivity contribution in [2.24, 2.45) is 11.8 Å². The number of ether oxygens (including phenoxy) is 8. The predicted octanol–water partition coefficient (Wildman–Crippen LogP) is 6.84. The van der Waals surface area contributed by atoms with E-state index in [1.54, 1.807) is 72.9 Å². The molecule has 2 amide bonds. The number of cyclic esters (lactones) is 1. The quantitative estimate of drug-likeness (QED) is 0.111. The summed E-state index contributed by atoms with van der Waals surface area (Å²) in [6, 6.07) is 16.7. The van der Waals surface area contributed by atoms with E-state index in [0.717, 1.165) is 5.56 Å². The van der Waals surface area contributed by atoms with Gasteiger partial charge in [0.1, 0.15) is 18.0 Å². The number of hydrogen-bond donors (Lipinski definition) is 2. The lowest BCUT2D eigenvalue weighted by Crippen LogP contribution is -2.60. The SMILES string of the molecule is COC(C)(C[C@@H](C)CN(C(=O)OC(C)(C)C)C(CO)CNC(=O)OCc1ccccc1)[C@H](OC1OC(C)CC(N(C)C)C1OC(=O)c1ccccc1)[C@@H](C)C1=C(C)C(=O)OC(C)(C)O1. The van der Waals surface area contributed by atoms with E-state index in [2.05, 4.69) is 5.32 Å². The van der Waals surface area contributed by atoms with Crippen LogP contribution in [0.15, 0.2) is 72.0 Å². The highest BCUT2D eigenvalue weighted by Crippen LogP contribution is 2.41. The van der Waals surface area contributed by atoms with Crippen LogP contribution in [0.2, 0.25) is 0 Å². The van der Waals surface area contributed by atoms with Gasteiger partial charge in [-0.15, -0.1) is 0 Å². The molecule has 1 fully saturated rings. The van der Waals surface area contributed by atoms with Crippen LogP contribution in [0.5, 0.6) is 0 Å². The molecule has 0 aliphatic carbocycles. The topological polar surface area (TPSA) is 181 Å². The first-order chi connectivity index (χ1) is 30.0. The second kappa shape index (κ2) is 22.4. The summed E-state index contributed by atoms with van der Waals surface area (Å²) in [5.74, 6) is -3.13. The van der Waals surface area contributed by atoms with Gasteiger partial charge in [0, 0.05) is 40.0 Å². The van der Waals surface area contributed by atoms with Crippen LogP contribution in [0.25, 0.3) is 0 Å². The lowest BCUT2D eigenvalue weighted by Gasteiger charge is -2.48. The predicted molar refractivity (Wildman–Crippen MR) is 238 cm³/mol. The number of aliphatic hydroxyl groups excluding tert-OH is 1. The molecule has 0 radical (unpaired) electrons. The molecule has 0 bridgehead atoms. The van der Waals surface area contributed by atoms with Crippen LogP contribution in [-0.4, -0.2) is 134 Å². The van der Waals surface area contributed by atoms with E-state index in [1.165, 1.54) is 4.90 Å². The third-order valence-electron chi connectivity index (χ3n) is 11.3. The normalized spacial score (nSPS) is 22.8. The van der Waals surface area contributed by atoms with Crippen molar-refractivity contribution in [3.63, 3.8) is 0 Å². The molecule has 0 aromatic heterocycles. The third-order valence-corrected chi connectivity index (χ3v) is 11.3. The molecule has 2 aromatic carbocycles. The number of esters is 2. The summed E-state index contributed by atoms with van der Waals surface area (Å²) in [5, 5.41) is 13.4. The van der Waals surface area contributed by atoms with Gasteiger partial charge in [-0.25, -0.2) is 19.2 Å². The van der Waals surface area contributed by atoms with Crippen molar-refractivity contribution in [1.82, 2.24) is 15.1 Å². The molecule has 2 aromatic rings. The van der Waals surface area contributed by atoms with Crippen LogP contribution < -0.4 is 5.32 Å². The molecule has 356 valence electrons. The summed E-state index contributed by atoms with van der Waals surface area (Å²) in [6.07, 6.45) is -3.92. The van der Waals surface area contributed by atoms with Gasteiger partial charge in [-0.3, -0.25) is 0 Å². The molecule has 16 heteroatoms. The smallest absolute Gasteiger partial charge is 0.410 e. The number of aliphatic hydroxyl groups is 1. The minimum atomic E-state index is -1.30. The Morgan fingerprint density at radius 1 is 0.984 bits per heavy atom. The first-order valence-corrected chi connectivity index (χ1v) is 21.9. The highest BCUT2D eigenvalue weighted by atomic mass is 16.7. The number of benzene rings is 2. The zero-order valence-corrected chi connectivity index (χ0v) is 39.9. The Kier molecular flexibility index (Phi) is 18.2. The van der Waals surface area contributed by atoms with Crippen LogP contribution in [-0.2, 0) is 49.3 Å². The molecular weight excluding hydrogens is 827 g/mol. The summed E-state index contributed by atoms with van der Waals surface area (Å²) >= 11 is 0. The van der Waals surface area contributed by atoms with Crippen molar-refractivity contribution < 1.29 is 62.2 Å². The van der Waals surface area contributed by atoms with Crippen LogP contribution in [0.4, 0.5) is 9.59 Å². The van der Waals surface area contributed by atoms with Crippen molar-refractivity contribution in [2.45, 2.75) is 142 Å². The summed E-state index contributed by atoms with van der Waals surface area (Å²) in [5.41, 5.74) is -0.682. The van der Waals surface area contributed by atoms with Crippen molar-refractivity contribution >= 4 is 24.1 Å². The molecule has 0 spiro atoms. The van der Waals surface area contributed by atoms with Crippen LogP contribution in [0, 0.1) is 11.8 Å². The molecule has 2 N–H and O–H groups in total. The second-order valence-corrected chi connectivity index (χ2v) is 18.8. The summed E-state index contributed by atoms with van der Waals surface area (Å²) in [4.78, 5) is 57.0. The maximum atomic E-state index is 13.9. The zero-order valence-electron chi connectivity index (χ0n) is 39.9. The number of hydrogen-bond acceptors (Lipinski definition) is 14.